The van der Waals surface area contributed by atoms with Crippen LogP contribution in [0.2, 0.25) is 5.02 Å². The Morgan fingerprint density at radius 1 is 1.21 bits per heavy atom. The Kier molecular flexibility index (Phi) is 3.00. The minimum Gasteiger partial charge on any atom is -0.495 e. The third-order valence-corrected chi connectivity index (χ3v) is 4.27. The zero-order valence-corrected chi connectivity index (χ0v) is 11.6. The molecule has 2 nitrogen and oxygen atoms in total. The monoisotopic (exact) mass is 273 g/mol. The number of aryl methyl sites for hydroxylation is 1. The number of hydrogen-bond acceptors (Lipinski definition) is 2. The Balaban J connectivity index is 2.12. The van der Waals surface area contributed by atoms with E-state index in [1.54, 1.807) is 7.11 Å². The first-order valence-corrected chi connectivity index (χ1v) is 6.74. The van der Waals surface area contributed by atoms with Gasteiger partial charge < -0.3 is 10.5 Å². The molecule has 19 heavy (non-hydrogen) atoms. The van der Waals surface area contributed by atoms with Gasteiger partial charge in [-0.3, -0.25) is 0 Å². The normalized spacial score (nSPS) is 21.2. The topological polar surface area (TPSA) is 35.2 Å². The lowest BCUT2D eigenvalue weighted by atomic mass is 9.85. The average molecular weight is 274 g/mol. The van der Waals surface area contributed by atoms with E-state index in [0.717, 1.165) is 18.4 Å². The molecule has 1 aliphatic carbocycles. The van der Waals surface area contributed by atoms with E-state index >= 15 is 0 Å². The molecule has 3 heteroatoms. The highest BCUT2D eigenvalue weighted by molar-refractivity contribution is 6.32. The molecule has 1 atom stereocenters. The van der Waals surface area contributed by atoms with E-state index in [-0.39, 0.29) is 0 Å². The van der Waals surface area contributed by atoms with Crippen molar-refractivity contribution in [3.63, 3.8) is 0 Å². The molecule has 0 aromatic heterocycles. The summed E-state index contributed by atoms with van der Waals surface area (Å²) in [7, 11) is 1.62. The van der Waals surface area contributed by atoms with Crippen LogP contribution >= 0.6 is 11.6 Å². The number of benzene rings is 2. The average Bonchev–Trinajstić information content (AvgIpc) is 2.79. The van der Waals surface area contributed by atoms with Crippen LogP contribution in [-0.4, -0.2) is 7.11 Å². The second-order valence-electron chi connectivity index (χ2n) is 4.98. The van der Waals surface area contributed by atoms with Crippen molar-refractivity contribution < 1.29 is 4.74 Å². The van der Waals surface area contributed by atoms with Gasteiger partial charge in [0.05, 0.1) is 17.7 Å². The molecule has 1 unspecified atom stereocenters. The Morgan fingerprint density at radius 2 is 2.00 bits per heavy atom. The molecule has 1 aliphatic rings. The molecule has 0 heterocycles. The van der Waals surface area contributed by atoms with Crippen LogP contribution in [0.15, 0.2) is 42.5 Å². The third kappa shape index (κ3) is 1.92. The van der Waals surface area contributed by atoms with E-state index in [1.807, 2.05) is 24.3 Å². The Hall–Kier alpha value is -1.51. The maximum Gasteiger partial charge on any atom is 0.137 e. The van der Waals surface area contributed by atoms with Gasteiger partial charge in [-0.15, -0.1) is 0 Å². The van der Waals surface area contributed by atoms with Crippen LogP contribution in [0.25, 0.3) is 0 Å². The maximum atomic E-state index is 6.67. The van der Waals surface area contributed by atoms with Crippen LogP contribution in [0.1, 0.15) is 23.1 Å². The van der Waals surface area contributed by atoms with Crippen molar-refractivity contribution in [1.82, 2.24) is 0 Å². The Bertz CT molecular complexity index is 626. The number of rotatable bonds is 2. The van der Waals surface area contributed by atoms with Crippen LogP contribution in [0.3, 0.4) is 0 Å². The molecule has 2 aromatic carbocycles. The number of methoxy groups -OCH3 is 1. The van der Waals surface area contributed by atoms with Crippen molar-refractivity contribution >= 4 is 11.6 Å². The minimum atomic E-state index is -0.436. The third-order valence-electron chi connectivity index (χ3n) is 3.95. The maximum absolute atomic E-state index is 6.67. The molecular weight excluding hydrogens is 258 g/mol. The van der Waals surface area contributed by atoms with Crippen molar-refractivity contribution in [3.05, 3.63) is 64.2 Å². The summed E-state index contributed by atoms with van der Waals surface area (Å²) in [4.78, 5) is 0. The largest absolute Gasteiger partial charge is 0.495 e. The standard InChI is InChI=1S/C16H16ClNO/c1-19-15-10-12(6-7-14(15)17)16(18)9-8-11-4-2-3-5-13(11)16/h2-7,10H,8-9,18H2,1H3. The number of nitrogens with two attached hydrogens (primary N) is 1. The number of hydrogen-bond donors (Lipinski definition) is 1. The van der Waals surface area contributed by atoms with Gasteiger partial charge >= 0.3 is 0 Å². The molecule has 0 radical (unpaired) electrons. The lowest BCUT2D eigenvalue weighted by Crippen LogP contribution is -2.35. The minimum absolute atomic E-state index is 0.436. The highest BCUT2D eigenvalue weighted by atomic mass is 35.5. The molecular formula is C16H16ClNO. The fourth-order valence-corrected chi connectivity index (χ4v) is 3.07. The first-order chi connectivity index (χ1) is 9.15. The number of fused-ring (bicyclic) bond motifs is 1. The zero-order chi connectivity index (χ0) is 13.5. The van der Waals surface area contributed by atoms with Crippen LogP contribution in [0, 0.1) is 0 Å². The smallest absolute Gasteiger partial charge is 0.137 e. The summed E-state index contributed by atoms with van der Waals surface area (Å²) in [5, 5.41) is 0.612. The lowest BCUT2D eigenvalue weighted by Gasteiger charge is -2.26. The second kappa shape index (κ2) is 4.55. The van der Waals surface area contributed by atoms with Crippen LogP contribution in [0.5, 0.6) is 5.75 Å². The zero-order valence-electron chi connectivity index (χ0n) is 10.8. The van der Waals surface area contributed by atoms with Crippen molar-refractivity contribution in [1.29, 1.82) is 0 Å². The van der Waals surface area contributed by atoms with Crippen LogP contribution < -0.4 is 10.5 Å². The van der Waals surface area contributed by atoms with Crippen molar-refractivity contribution in [2.45, 2.75) is 18.4 Å². The summed E-state index contributed by atoms with van der Waals surface area (Å²) < 4.78 is 5.29. The molecule has 98 valence electrons. The van der Waals surface area contributed by atoms with E-state index in [1.165, 1.54) is 11.1 Å². The summed E-state index contributed by atoms with van der Waals surface area (Å²) in [5.74, 6) is 0.674. The molecule has 0 bridgehead atoms. The predicted molar refractivity (Wildman–Crippen MR) is 77.7 cm³/mol. The molecule has 0 amide bonds. The highest BCUT2D eigenvalue weighted by Crippen LogP contribution is 2.41. The van der Waals surface area contributed by atoms with Crippen molar-refractivity contribution in [2.24, 2.45) is 5.73 Å². The first-order valence-electron chi connectivity index (χ1n) is 6.36. The molecule has 2 aromatic rings. The summed E-state index contributed by atoms with van der Waals surface area (Å²) in [6, 6.07) is 14.2. The number of ether oxygens (including phenoxy) is 1. The van der Waals surface area contributed by atoms with Gasteiger partial charge in [0.25, 0.3) is 0 Å². The fraction of sp³-hybridized carbons (Fsp3) is 0.250. The second-order valence-corrected chi connectivity index (χ2v) is 5.39. The predicted octanol–water partition coefficient (Wildman–Crippen LogP) is 3.50. The quantitative estimate of drug-likeness (QED) is 0.909. The fourth-order valence-electron chi connectivity index (χ4n) is 2.88. The van der Waals surface area contributed by atoms with E-state index in [9.17, 15) is 0 Å². The SMILES string of the molecule is COc1cc(C2(N)CCc3ccccc32)ccc1Cl. The van der Waals surface area contributed by atoms with Crippen LogP contribution in [-0.2, 0) is 12.0 Å². The van der Waals surface area contributed by atoms with Gasteiger partial charge in [-0.2, -0.15) is 0 Å². The molecule has 0 saturated heterocycles. The molecule has 0 fully saturated rings. The molecule has 0 aliphatic heterocycles. The summed E-state index contributed by atoms with van der Waals surface area (Å²) in [5.41, 5.74) is 9.83. The van der Waals surface area contributed by atoms with Gasteiger partial charge in [-0.1, -0.05) is 41.9 Å². The van der Waals surface area contributed by atoms with Crippen molar-refractivity contribution in [2.75, 3.05) is 7.11 Å². The first kappa shape index (κ1) is 12.5. The van der Waals surface area contributed by atoms with E-state index in [4.69, 9.17) is 22.1 Å². The van der Waals surface area contributed by atoms with E-state index < -0.39 is 5.54 Å². The Morgan fingerprint density at radius 3 is 2.79 bits per heavy atom. The van der Waals surface area contributed by atoms with Gasteiger partial charge in [0.15, 0.2) is 0 Å². The summed E-state index contributed by atoms with van der Waals surface area (Å²) >= 11 is 6.08. The summed E-state index contributed by atoms with van der Waals surface area (Å²) in [6.07, 6.45) is 1.93. The molecule has 0 spiro atoms. The molecule has 0 saturated carbocycles. The van der Waals surface area contributed by atoms with Gasteiger partial charge in [0, 0.05) is 0 Å². The number of halogens is 1. The summed E-state index contributed by atoms with van der Waals surface area (Å²) in [6.45, 7) is 0. The van der Waals surface area contributed by atoms with Crippen molar-refractivity contribution in [3.8, 4) is 5.75 Å². The molecule has 2 N–H and O–H groups in total. The van der Waals surface area contributed by atoms with Gasteiger partial charge in [-0.25, -0.2) is 0 Å². The van der Waals surface area contributed by atoms with Gasteiger partial charge in [0.1, 0.15) is 5.75 Å². The highest BCUT2D eigenvalue weighted by Gasteiger charge is 2.36. The van der Waals surface area contributed by atoms with Crippen LogP contribution in [0.4, 0.5) is 0 Å². The van der Waals surface area contributed by atoms with E-state index in [0.29, 0.717) is 10.8 Å². The van der Waals surface area contributed by atoms with E-state index in [2.05, 4.69) is 18.2 Å². The van der Waals surface area contributed by atoms with Gasteiger partial charge in [0.2, 0.25) is 0 Å². The molecule has 3 rings (SSSR count). The Labute approximate surface area is 118 Å². The lowest BCUT2D eigenvalue weighted by molar-refractivity contribution is 0.412. The van der Waals surface area contributed by atoms with Gasteiger partial charge in [-0.05, 0) is 41.7 Å².